The monoisotopic (exact) mass is 360 g/mol. The molecule has 0 unspecified atom stereocenters. The van der Waals surface area contributed by atoms with E-state index in [0.29, 0.717) is 16.7 Å². The highest BCUT2D eigenvalue weighted by Gasteiger charge is 2.28. The lowest BCUT2D eigenvalue weighted by Gasteiger charge is -2.13. The van der Waals surface area contributed by atoms with Crippen molar-refractivity contribution in [2.75, 3.05) is 14.2 Å². The minimum absolute atomic E-state index is 0.127. The molecule has 0 aliphatic rings. The van der Waals surface area contributed by atoms with E-state index in [1.165, 1.54) is 14.2 Å². The van der Waals surface area contributed by atoms with Crippen LogP contribution in [0.1, 0.15) is 20.7 Å². The Morgan fingerprint density at radius 2 is 1.48 bits per heavy atom. The summed E-state index contributed by atoms with van der Waals surface area (Å²) in [6.45, 7) is 0. The SMILES string of the molecule is COC(=O)c1cc2c(oc3ccccc32)c(-c2ccccc2)c1C(=O)OC. The van der Waals surface area contributed by atoms with E-state index < -0.39 is 11.9 Å². The van der Waals surface area contributed by atoms with Gasteiger partial charge in [0.2, 0.25) is 0 Å². The van der Waals surface area contributed by atoms with Crippen LogP contribution >= 0.6 is 0 Å². The predicted octanol–water partition coefficient (Wildman–Crippen LogP) is 4.83. The van der Waals surface area contributed by atoms with E-state index in [-0.39, 0.29) is 11.1 Å². The first-order chi connectivity index (χ1) is 13.2. The van der Waals surface area contributed by atoms with Gasteiger partial charge in [-0.1, -0.05) is 48.5 Å². The Balaban J connectivity index is 2.24. The fourth-order valence-corrected chi connectivity index (χ4v) is 3.32. The minimum atomic E-state index is -0.628. The van der Waals surface area contributed by atoms with Gasteiger partial charge in [0.15, 0.2) is 0 Å². The summed E-state index contributed by atoms with van der Waals surface area (Å²) in [5.41, 5.74) is 2.71. The van der Waals surface area contributed by atoms with E-state index >= 15 is 0 Å². The number of esters is 2. The third kappa shape index (κ3) is 2.64. The molecule has 1 aromatic heterocycles. The van der Waals surface area contributed by atoms with Crippen LogP contribution in [0.4, 0.5) is 0 Å². The molecule has 0 saturated heterocycles. The van der Waals surface area contributed by atoms with Crippen LogP contribution in [-0.2, 0) is 9.47 Å². The Morgan fingerprint density at radius 3 is 2.19 bits per heavy atom. The second-order valence-corrected chi connectivity index (χ2v) is 6.00. The number of para-hydroxylation sites is 1. The van der Waals surface area contributed by atoms with Gasteiger partial charge in [0, 0.05) is 16.3 Å². The third-order valence-electron chi connectivity index (χ3n) is 4.53. The van der Waals surface area contributed by atoms with Crippen molar-refractivity contribution in [3.63, 3.8) is 0 Å². The number of hydrogen-bond acceptors (Lipinski definition) is 5. The topological polar surface area (TPSA) is 65.7 Å². The highest BCUT2D eigenvalue weighted by molar-refractivity contribution is 6.19. The molecule has 4 rings (SSSR count). The quantitative estimate of drug-likeness (QED) is 0.490. The summed E-state index contributed by atoms with van der Waals surface area (Å²) in [6.07, 6.45) is 0. The van der Waals surface area contributed by atoms with E-state index in [1.807, 2.05) is 54.6 Å². The number of ether oxygens (including phenoxy) is 2. The van der Waals surface area contributed by atoms with Crippen molar-refractivity contribution < 1.29 is 23.5 Å². The molecule has 0 aliphatic carbocycles. The van der Waals surface area contributed by atoms with Crippen LogP contribution in [0.25, 0.3) is 33.1 Å². The Kier molecular flexibility index (Phi) is 4.12. The fraction of sp³-hybridized carbons (Fsp3) is 0.0909. The molecule has 134 valence electrons. The molecule has 0 amide bonds. The van der Waals surface area contributed by atoms with Gasteiger partial charge in [0.25, 0.3) is 0 Å². The molecule has 5 nitrogen and oxygen atoms in total. The third-order valence-corrected chi connectivity index (χ3v) is 4.53. The Hall–Kier alpha value is -3.60. The summed E-state index contributed by atoms with van der Waals surface area (Å²) in [5.74, 6) is -1.24. The molecule has 0 aliphatic heterocycles. The zero-order chi connectivity index (χ0) is 19.0. The summed E-state index contributed by atoms with van der Waals surface area (Å²) < 4.78 is 16.0. The van der Waals surface area contributed by atoms with E-state index in [2.05, 4.69) is 0 Å². The number of hydrogen-bond donors (Lipinski definition) is 0. The average molecular weight is 360 g/mol. The number of furan rings is 1. The van der Waals surface area contributed by atoms with Crippen LogP contribution in [0.3, 0.4) is 0 Å². The first-order valence-electron chi connectivity index (χ1n) is 8.36. The average Bonchev–Trinajstić information content (AvgIpc) is 3.10. The van der Waals surface area contributed by atoms with Crippen LogP contribution < -0.4 is 0 Å². The van der Waals surface area contributed by atoms with Gasteiger partial charge >= 0.3 is 11.9 Å². The van der Waals surface area contributed by atoms with Gasteiger partial charge in [-0.3, -0.25) is 0 Å². The molecule has 0 radical (unpaired) electrons. The number of methoxy groups -OCH3 is 2. The van der Waals surface area contributed by atoms with Crippen molar-refractivity contribution in [3.8, 4) is 11.1 Å². The van der Waals surface area contributed by atoms with Crippen molar-refractivity contribution in [2.45, 2.75) is 0 Å². The smallest absolute Gasteiger partial charge is 0.339 e. The maximum atomic E-state index is 12.6. The Bertz CT molecular complexity index is 1170. The maximum Gasteiger partial charge on any atom is 0.339 e. The van der Waals surface area contributed by atoms with Crippen LogP contribution in [0.15, 0.2) is 65.1 Å². The summed E-state index contributed by atoms with van der Waals surface area (Å²) in [5, 5.41) is 1.59. The fourth-order valence-electron chi connectivity index (χ4n) is 3.32. The van der Waals surface area contributed by atoms with Gasteiger partial charge in [-0.2, -0.15) is 0 Å². The van der Waals surface area contributed by atoms with Crippen LogP contribution in [0.5, 0.6) is 0 Å². The summed E-state index contributed by atoms with van der Waals surface area (Å²) in [6, 6.07) is 18.5. The first kappa shape index (κ1) is 16.8. The molecule has 3 aromatic carbocycles. The zero-order valence-corrected chi connectivity index (χ0v) is 14.8. The van der Waals surface area contributed by atoms with Crippen molar-refractivity contribution in [1.29, 1.82) is 0 Å². The summed E-state index contributed by atoms with van der Waals surface area (Å²) in [7, 11) is 2.56. The number of rotatable bonds is 3. The number of carbonyl (C=O) groups is 2. The van der Waals surface area contributed by atoms with Gasteiger partial charge < -0.3 is 13.9 Å². The van der Waals surface area contributed by atoms with Crippen molar-refractivity contribution in [3.05, 3.63) is 71.8 Å². The molecule has 27 heavy (non-hydrogen) atoms. The highest BCUT2D eigenvalue weighted by Crippen LogP contribution is 2.40. The lowest BCUT2D eigenvalue weighted by atomic mass is 9.92. The van der Waals surface area contributed by atoms with Gasteiger partial charge in [0.05, 0.1) is 25.3 Å². The highest BCUT2D eigenvalue weighted by atomic mass is 16.5. The normalized spacial score (nSPS) is 10.9. The van der Waals surface area contributed by atoms with Crippen LogP contribution in [0.2, 0.25) is 0 Å². The van der Waals surface area contributed by atoms with Gasteiger partial charge in [-0.25, -0.2) is 9.59 Å². The van der Waals surface area contributed by atoms with Gasteiger partial charge in [0.1, 0.15) is 11.2 Å². The molecule has 0 spiro atoms. The van der Waals surface area contributed by atoms with Crippen molar-refractivity contribution in [1.82, 2.24) is 0 Å². The molecule has 0 bridgehead atoms. The summed E-state index contributed by atoms with van der Waals surface area (Å²) in [4.78, 5) is 25.1. The van der Waals surface area contributed by atoms with E-state index in [0.717, 1.165) is 16.3 Å². The largest absolute Gasteiger partial charge is 0.465 e. The zero-order valence-electron chi connectivity index (χ0n) is 14.8. The first-order valence-corrected chi connectivity index (χ1v) is 8.36. The molecular weight excluding hydrogens is 344 g/mol. The molecule has 1 heterocycles. The Labute approximate surface area is 155 Å². The van der Waals surface area contributed by atoms with Crippen LogP contribution in [-0.4, -0.2) is 26.2 Å². The van der Waals surface area contributed by atoms with E-state index in [1.54, 1.807) is 6.07 Å². The molecule has 0 atom stereocenters. The van der Waals surface area contributed by atoms with Crippen molar-refractivity contribution in [2.24, 2.45) is 0 Å². The number of carbonyl (C=O) groups excluding carboxylic acids is 2. The number of fused-ring (bicyclic) bond motifs is 3. The lowest BCUT2D eigenvalue weighted by Crippen LogP contribution is -2.13. The van der Waals surface area contributed by atoms with Crippen LogP contribution in [0, 0.1) is 0 Å². The maximum absolute atomic E-state index is 12.6. The van der Waals surface area contributed by atoms with E-state index in [9.17, 15) is 9.59 Å². The lowest BCUT2D eigenvalue weighted by molar-refractivity contribution is 0.0556. The second kappa shape index (κ2) is 6.61. The molecule has 0 fully saturated rings. The standard InChI is InChI=1S/C22H16O5/c1-25-21(23)16-12-15-14-10-6-7-11-17(14)27-20(15)18(19(16)22(24)26-2)13-8-4-3-5-9-13/h3-12H,1-2H3. The predicted molar refractivity (Wildman–Crippen MR) is 102 cm³/mol. The Morgan fingerprint density at radius 1 is 0.815 bits per heavy atom. The molecular formula is C22H16O5. The molecule has 0 N–H and O–H groups in total. The summed E-state index contributed by atoms with van der Waals surface area (Å²) >= 11 is 0. The minimum Gasteiger partial charge on any atom is -0.465 e. The van der Waals surface area contributed by atoms with Crippen molar-refractivity contribution >= 4 is 33.9 Å². The number of benzene rings is 3. The second-order valence-electron chi connectivity index (χ2n) is 6.00. The van der Waals surface area contributed by atoms with Gasteiger partial charge in [-0.15, -0.1) is 0 Å². The molecule has 4 aromatic rings. The van der Waals surface area contributed by atoms with Gasteiger partial charge in [-0.05, 0) is 17.7 Å². The van der Waals surface area contributed by atoms with E-state index in [4.69, 9.17) is 13.9 Å². The molecule has 5 heteroatoms. The molecule has 0 saturated carbocycles.